The molecule has 1 fully saturated rings. The van der Waals surface area contributed by atoms with E-state index in [0.717, 1.165) is 53.2 Å². The normalized spacial score (nSPS) is 15.8. The van der Waals surface area contributed by atoms with Gasteiger partial charge in [0.2, 0.25) is 5.91 Å². The Balaban J connectivity index is 1.30. The van der Waals surface area contributed by atoms with Crippen LogP contribution in [0.15, 0.2) is 60.9 Å². The lowest BCUT2D eigenvalue weighted by Crippen LogP contribution is -2.43. The molecular formula is C29H34N6O. The zero-order valence-corrected chi connectivity index (χ0v) is 21.5. The van der Waals surface area contributed by atoms with Crippen LogP contribution < -0.4 is 15.1 Å². The number of piperidine rings is 1. The van der Waals surface area contributed by atoms with Crippen molar-refractivity contribution >= 4 is 22.9 Å². The van der Waals surface area contributed by atoms with Crippen molar-refractivity contribution in [2.75, 3.05) is 37.0 Å². The van der Waals surface area contributed by atoms with Crippen molar-refractivity contribution in [3.05, 3.63) is 77.6 Å². The minimum absolute atomic E-state index is 0.0661. The van der Waals surface area contributed by atoms with Crippen molar-refractivity contribution in [1.29, 1.82) is 0 Å². The molecule has 5 rings (SSSR count). The van der Waals surface area contributed by atoms with E-state index in [1.165, 1.54) is 11.1 Å². The van der Waals surface area contributed by atoms with Gasteiger partial charge in [0.15, 0.2) is 5.82 Å². The minimum Gasteiger partial charge on any atom is -0.378 e. The first-order valence-electron chi connectivity index (χ1n) is 12.6. The lowest BCUT2D eigenvalue weighted by atomic mass is 9.97. The first-order valence-corrected chi connectivity index (χ1v) is 12.6. The lowest BCUT2D eigenvalue weighted by molar-refractivity contribution is -0.125. The number of hydrogen-bond donors (Lipinski definition) is 1. The third-order valence-electron chi connectivity index (χ3n) is 7.04. The second-order valence-electron chi connectivity index (χ2n) is 9.99. The molecule has 0 saturated carbocycles. The molecule has 2 aromatic carbocycles. The maximum Gasteiger partial charge on any atom is 0.225 e. The van der Waals surface area contributed by atoms with Crippen LogP contribution in [-0.4, -0.2) is 47.7 Å². The van der Waals surface area contributed by atoms with Crippen molar-refractivity contribution in [2.24, 2.45) is 5.92 Å². The predicted octanol–water partition coefficient (Wildman–Crippen LogP) is 4.61. The van der Waals surface area contributed by atoms with Crippen LogP contribution in [0.25, 0.3) is 16.8 Å². The topological polar surface area (TPSA) is 65.8 Å². The van der Waals surface area contributed by atoms with Crippen molar-refractivity contribution < 1.29 is 4.79 Å². The number of nitrogens with one attached hydrogen (secondary N) is 1. The van der Waals surface area contributed by atoms with Gasteiger partial charge in [-0.2, -0.15) is 5.10 Å². The highest BCUT2D eigenvalue weighted by Crippen LogP contribution is 2.30. The summed E-state index contributed by atoms with van der Waals surface area (Å²) in [6.45, 7) is 6.30. The highest BCUT2D eigenvalue weighted by atomic mass is 16.1. The largest absolute Gasteiger partial charge is 0.378 e. The van der Waals surface area contributed by atoms with E-state index in [-0.39, 0.29) is 11.8 Å². The van der Waals surface area contributed by atoms with Gasteiger partial charge in [0, 0.05) is 57.4 Å². The molecule has 1 aliphatic heterocycles. The molecule has 2 aromatic heterocycles. The van der Waals surface area contributed by atoms with Gasteiger partial charge in [0.25, 0.3) is 0 Å². The van der Waals surface area contributed by atoms with Crippen LogP contribution in [0, 0.1) is 19.8 Å². The first kappa shape index (κ1) is 23.9. The summed E-state index contributed by atoms with van der Waals surface area (Å²) in [5.74, 6) is 0.925. The predicted molar refractivity (Wildman–Crippen MR) is 145 cm³/mol. The number of carbonyl (C=O) groups excluding carboxylic acids is 1. The van der Waals surface area contributed by atoms with E-state index in [1.807, 2.05) is 24.8 Å². The summed E-state index contributed by atoms with van der Waals surface area (Å²) in [4.78, 5) is 22.1. The van der Waals surface area contributed by atoms with E-state index in [4.69, 9.17) is 10.1 Å². The molecule has 1 saturated heterocycles. The fourth-order valence-corrected chi connectivity index (χ4v) is 5.01. The van der Waals surface area contributed by atoms with Gasteiger partial charge in [0.1, 0.15) is 5.52 Å². The van der Waals surface area contributed by atoms with Crippen molar-refractivity contribution in [3.63, 3.8) is 0 Å². The molecule has 3 heterocycles. The van der Waals surface area contributed by atoms with Gasteiger partial charge in [0.05, 0.1) is 11.6 Å². The number of carbonyl (C=O) groups is 1. The van der Waals surface area contributed by atoms with Crippen molar-refractivity contribution in [3.8, 4) is 11.3 Å². The molecule has 1 amide bonds. The van der Waals surface area contributed by atoms with Gasteiger partial charge in [-0.05, 0) is 56.0 Å². The molecule has 1 N–H and O–H groups in total. The van der Waals surface area contributed by atoms with E-state index in [9.17, 15) is 4.79 Å². The number of hydrogen-bond acceptors (Lipinski definition) is 5. The monoisotopic (exact) mass is 482 g/mol. The first-order chi connectivity index (χ1) is 17.4. The second kappa shape index (κ2) is 10.0. The minimum atomic E-state index is -0.0661. The average molecular weight is 483 g/mol. The van der Waals surface area contributed by atoms with Crippen LogP contribution in [-0.2, 0) is 11.3 Å². The Bertz CT molecular complexity index is 1370. The van der Waals surface area contributed by atoms with Crippen molar-refractivity contribution in [1.82, 2.24) is 19.9 Å². The lowest BCUT2D eigenvalue weighted by Gasteiger charge is -2.33. The zero-order chi connectivity index (χ0) is 25.2. The summed E-state index contributed by atoms with van der Waals surface area (Å²) in [7, 11) is 4.05. The number of fused-ring (bicyclic) bond motifs is 1. The van der Waals surface area contributed by atoms with Crippen LogP contribution in [0.2, 0.25) is 0 Å². The number of nitrogens with zero attached hydrogens (tertiary/aromatic N) is 5. The number of benzene rings is 2. The summed E-state index contributed by atoms with van der Waals surface area (Å²) in [6.07, 6.45) is 5.53. The number of aromatic nitrogens is 3. The van der Waals surface area contributed by atoms with Crippen LogP contribution in [0.4, 0.5) is 11.5 Å². The van der Waals surface area contributed by atoms with Gasteiger partial charge in [-0.3, -0.25) is 4.79 Å². The summed E-state index contributed by atoms with van der Waals surface area (Å²) in [5, 5.41) is 7.98. The maximum atomic E-state index is 13.1. The summed E-state index contributed by atoms with van der Waals surface area (Å²) < 4.78 is 1.90. The Labute approximate surface area is 212 Å². The Morgan fingerprint density at radius 3 is 2.67 bits per heavy atom. The SMILES string of the molecule is Cc1ccc(-c2cc3c(N4CCCC(C(=O)NCc5ccc(N(C)C)cc5)C4)nccn3n2)c(C)c1. The molecule has 0 bridgehead atoms. The smallest absolute Gasteiger partial charge is 0.225 e. The van der Waals surface area contributed by atoms with Crippen LogP contribution in [0.5, 0.6) is 0 Å². The van der Waals surface area contributed by atoms with Crippen LogP contribution in [0.1, 0.15) is 29.5 Å². The van der Waals surface area contributed by atoms with Gasteiger partial charge < -0.3 is 15.1 Å². The summed E-state index contributed by atoms with van der Waals surface area (Å²) >= 11 is 0. The third-order valence-corrected chi connectivity index (χ3v) is 7.04. The highest BCUT2D eigenvalue weighted by Gasteiger charge is 2.28. The Morgan fingerprint density at radius 2 is 1.92 bits per heavy atom. The fraction of sp³-hybridized carbons (Fsp3) is 0.345. The number of rotatable bonds is 6. The fourth-order valence-electron chi connectivity index (χ4n) is 5.01. The highest BCUT2D eigenvalue weighted by molar-refractivity contribution is 5.81. The Morgan fingerprint density at radius 1 is 1.11 bits per heavy atom. The molecular weight excluding hydrogens is 448 g/mol. The molecule has 7 heteroatoms. The average Bonchev–Trinajstić information content (AvgIpc) is 3.31. The summed E-state index contributed by atoms with van der Waals surface area (Å²) in [5.41, 5.74) is 7.73. The zero-order valence-electron chi connectivity index (χ0n) is 21.5. The van der Waals surface area contributed by atoms with Crippen LogP contribution >= 0.6 is 0 Å². The van der Waals surface area contributed by atoms with E-state index in [2.05, 4.69) is 77.5 Å². The van der Waals surface area contributed by atoms with Crippen molar-refractivity contribution in [2.45, 2.75) is 33.2 Å². The second-order valence-corrected chi connectivity index (χ2v) is 9.99. The number of anilines is 2. The van der Waals surface area contributed by atoms with E-state index >= 15 is 0 Å². The third kappa shape index (κ3) is 4.91. The molecule has 7 nitrogen and oxygen atoms in total. The van der Waals surface area contributed by atoms with Gasteiger partial charge in [-0.15, -0.1) is 0 Å². The van der Waals surface area contributed by atoms with Gasteiger partial charge in [-0.1, -0.05) is 35.9 Å². The molecule has 0 aliphatic carbocycles. The molecule has 1 aliphatic rings. The molecule has 36 heavy (non-hydrogen) atoms. The number of amides is 1. The van der Waals surface area contributed by atoms with Crippen LogP contribution in [0.3, 0.4) is 0 Å². The van der Waals surface area contributed by atoms with E-state index in [0.29, 0.717) is 13.1 Å². The molecule has 1 atom stereocenters. The van der Waals surface area contributed by atoms with Gasteiger partial charge in [-0.25, -0.2) is 9.50 Å². The van der Waals surface area contributed by atoms with E-state index in [1.54, 1.807) is 6.20 Å². The molecule has 186 valence electrons. The van der Waals surface area contributed by atoms with E-state index < -0.39 is 0 Å². The summed E-state index contributed by atoms with van der Waals surface area (Å²) in [6, 6.07) is 16.8. The maximum absolute atomic E-state index is 13.1. The quantitative estimate of drug-likeness (QED) is 0.435. The molecule has 1 unspecified atom stereocenters. The Kier molecular flexibility index (Phi) is 6.63. The molecule has 0 spiro atoms. The molecule has 0 radical (unpaired) electrons. The van der Waals surface area contributed by atoms with Gasteiger partial charge >= 0.3 is 0 Å². The Hall–Kier alpha value is -3.87. The molecule has 4 aromatic rings. The standard InChI is InChI=1S/C29H34N6O/c1-20-7-12-25(21(2)16-20)26-17-27-28(30-13-15-35(27)32-26)34-14-5-6-23(19-34)29(36)31-18-22-8-10-24(11-9-22)33(3)4/h7-13,15-17,23H,5-6,14,18-19H2,1-4H3,(H,31,36). The number of aryl methyl sites for hydroxylation is 2.